The zero-order valence-electron chi connectivity index (χ0n) is 16.5. The Hall–Kier alpha value is -3.16. The minimum Gasteiger partial charge on any atom is -0.444 e. The number of amides is 1. The number of benzene rings is 1. The molecule has 8 heteroatoms. The van der Waals surface area contributed by atoms with E-state index < -0.39 is 11.7 Å². The fraction of sp³-hybridized carbons (Fsp3) is 0.400. The number of H-pyrrole nitrogens is 1. The fourth-order valence-electron chi connectivity index (χ4n) is 2.88. The van der Waals surface area contributed by atoms with Crippen molar-refractivity contribution in [2.45, 2.75) is 39.7 Å². The van der Waals surface area contributed by atoms with Gasteiger partial charge < -0.3 is 20.4 Å². The minimum atomic E-state index is -0.511. The Labute approximate surface area is 163 Å². The first-order chi connectivity index (χ1) is 13.2. The second-order valence-electron chi connectivity index (χ2n) is 7.60. The summed E-state index contributed by atoms with van der Waals surface area (Å²) in [5.74, 6) is 0.699. The van der Waals surface area contributed by atoms with Gasteiger partial charge in [0.25, 0.3) is 0 Å². The Bertz CT molecular complexity index is 1020. The Morgan fingerprint density at radius 1 is 1.18 bits per heavy atom. The number of hydrogen-bond donors (Lipinski definition) is 3. The van der Waals surface area contributed by atoms with E-state index in [0.29, 0.717) is 36.5 Å². The van der Waals surface area contributed by atoms with Gasteiger partial charge in [0, 0.05) is 29.6 Å². The minimum absolute atomic E-state index is 0.0100. The summed E-state index contributed by atoms with van der Waals surface area (Å²) >= 11 is 0. The highest BCUT2D eigenvalue weighted by molar-refractivity contribution is 6.13. The maximum atomic E-state index is 11.7. The Balaban J connectivity index is 1.68. The molecule has 8 nitrogen and oxygen atoms in total. The molecule has 2 heterocycles. The molecule has 0 spiro atoms. The van der Waals surface area contributed by atoms with E-state index in [1.807, 2.05) is 32.9 Å². The van der Waals surface area contributed by atoms with Crippen LogP contribution < -0.4 is 10.6 Å². The number of carbonyl (C=O) groups is 2. The number of ketones is 1. The third-order valence-electron chi connectivity index (χ3n) is 4.11. The number of alkyl carbamates (subject to hydrolysis) is 1. The van der Waals surface area contributed by atoms with Crippen LogP contribution in [0.2, 0.25) is 0 Å². The van der Waals surface area contributed by atoms with Gasteiger partial charge >= 0.3 is 6.09 Å². The molecule has 1 amide bonds. The highest BCUT2D eigenvalue weighted by atomic mass is 16.6. The smallest absolute Gasteiger partial charge is 0.407 e. The van der Waals surface area contributed by atoms with Gasteiger partial charge in [0.2, 0.25) is 0 Å². The fourth-order valence-corrected chi connectivity index (χ4v) is 2.88. The van der Waals surface area contributed by atoms with Crippen molar-refractivity contribution in [1.82, 2.24) is 20.3 Å². The van der Waals surface area contributed by atoms with Crippen molar-refractivity contribution in [3.8, 4) is 0 Å². The monoisotopic (exact) mass is 383 g/mol. The van der Waals surface area contributed by atoms with E-state index in [9.17, 15) is 9.59 Å². The van der Waals surface area contributed by atoms with Crippen molar-refractivity contribution in [1.29, 1.82) is 0 Å². The highest BCUT2D eigenvalue weighted by Gasteiger charge is 2.15. The van der Waals surface area contributed by atoms with E-state index >= 15 is 0 Å². The largest absolute Gasteiger partial charge is 0.444 e. The molecule has 0 aliphatic rings. The number of nitrogens with one attached hydrogen (secondary N) is 3. The van der Waals surface area contributed by atoms with E-state index in [1.165, 1.54) is 6.33 Å². The number of aromatic nitrogens is 3. The number of rotatable bonds is 6. The van der Waals surface area contributed by atoms with E-state index in [1.54, 1.807) is 13.0 Å². The molecule has 2 aromatic heterocycles. The van der Waals surface area contributed by atoms with Crippen molar-refractivity contribution < 1.29 is 14.3 Å². The van der Waals surface area contributed by atoms with Gasteiger partial charge in [-0.05, 0) is 52.3 Å². The molecule has 0 fully saturated rings. The third kappa shape index (κ3) is 4.57. The van der Waals surface area contributed by atoms with Gasteiger partial charge in [0.1, 0.15) is 23.4 Å². The number of ether oxygens (including phenoxy) is 1. The molecule has 3 rings (SSSR count). The molecular formula is C20H25N5O3. The lowest BCUT2D eigenvalue weighted by molar-refractivity contribution is 0.0527. The lowest BCUT2D eigenvalue weighted by Gasteiger charge is -2.19. The van der Waals surface area contributed by atoms with Crippen molar-refractivity contribution in [2.24, 2.45) is 0 Å². The van der Waals surface area contributed by atoms with Crippen LogP contribution in [0.3, 0.4) is 0 Å². The molecule has 1 aromatic carbocycles. The summed E-state index contributed by atoms with van der Waals surface area (Å²) in [5, 5.41) is 7.77. The quantitative estimate of drug-likeness (QED) is 0.443. The van der Waals surface area contributed by atoms with Crippen molar-refractivity contribution in [3.05, 3.63) is 30.1 Å². The Morgan fingerprint density at radius 3 is 2.68 bits per heavy atom. The van der Waals surface area contributed by atoms with Crippen LogP contribution >= 0.6 is 0 Å². The second kappa shape index (κ2) is 7.84. The molecule has 0 aliphatic heterocycles. The lowest BCUT2D eigenvalue weighted by Crippen LogP contribution is -2.33. The maximum absolute atomic E-state index is 11.7. The molecule has 0 radical (unpaired) electrons. The van der Waals surface area contributed by atoms with E-state index in [0.717, 1.165) is 16.3 Å². The topological polar surface area (TPSA) is 109 Å². The normalized spacial score (nSPS) is 11.6. The second-order valence-corrected chi connectivity index (χ2v) is 7.60. The number of nitrogens with zero attached hydrogens (tertiary/aromatic N) is 2. The summed E-state index contributed by atoms with van der Waals surface area (Å²) in [5.41, 5.74) is 1.74. The zero-order chi connectivity index (χ0) is 20.3. The van der Waals surface area contributed by atoms with Crippen molar-refractivity contribution in [2.75, 3.05) is 18.4 Å². The number of anilines is 1. The van der Waals surface area contributed by atoms with Gasteiger partial charge in [-0.1, -0.05) is 0 Å². The van der Waals surface area contributed by atoms with Crippen LogP contribution in [-0.2, 0) is 4.74 Å². The van der Waals surface area contributed by atoms with Crippen LogP contribution in [0.4, 0.5) is 10.6 Å². The first-order valence-corrected chi connectivity index (χ1v) is 9.23. The molecular weight excluding hydrogens is 358 g/mol. The molecule has 3 N–H and O–H groups in total. The number of aromatic amines is 1. The zero-order valence-corrected chi connectivity index (χ0v) is 16.5. The maximum Gasteiger partial charge on any atom is 0.407 e. The molecule has 0 unspecified atom stereocenters. The van der Waals surface area contributed by atoms with Crippen LogP contribution in [0.1, 0.15) is 44.5 Å². The third-order valence-corrected chi connectivity index (χ3v) is 4.11. The van der Waals surface area contributed by atoms with Crippen LogP contribution in [0.5, 0.6) is 0 Å². The van der Waals surface area contributed by atoms with Gasteiger partial charge in [-0.3, -0.25) is 4.79 Å². The molecule has 28 heavy (non-hydrogen) atoms. The predicted octanol–water partition coefficient (Wildman–Crippen LogP) is 3.64. The molecule has 0 bridgehead atoms. The predicted molar refractivity (Wildman–Crippen MR) is 109 cm³/mol. The average molecular weight is 383 g/mol. The number of Topliss-reactive ketones (excluding diaryl/α,β-unsaturated/α-hetero) is 1. The van der Waals surface area contributed by atoms with Gasteiger partial charge in [0.15, 0.2) is 5.78 Å². The Morgan fingerprint density at radius 2 is 1.96 bits per heavy atom. The summed E-state index contributed by atoms with van der Waals surface area (Å²) in [6.07, 6.45) is 1.77. The summed E-state index contributed by atoms with van der Waals surface area (Å²) in [6, 6.07) is 5.53. The van der Waals surface area contributed by atoms with Crippen LogP contribution in [0, 0.1) is 0 Å². The Kier molecular flexibility index (Phi) is 5.48. The summed E-state index contributed by atoms with van der Waals surface area (Å²) in [6.45, 7) is 8.12. The first-order valence-electron chi connectivity index (χ1n) is 9.23. The number of carbonyl (C=O) groups excluding carboxylic acids is 2. The first kappa shape index (κ1) is 19.6. The standard InChI is InChI=1S/C20H25N5O3/c1-12(26)13-6-7-15-14(10-13)16-17(23-11-24-18(16)25-15)21-8-5-9-22-19(27)28-20(2,3)4/h6-7,10-11H,5,8-9H2,1-4H3,(H,22,27)(H2,21,23,24,25). The average Bonchev–Trinajstić information content (AvgIpc) is 2.98. The van der Waals surface area contributed by atoms with E-state index in [2.05, 4.69) is 25.6 Å². The summed E-state index contributed by atoms with van der Waals surface area (Å²) < 4.78 is 5.21. The SMILES string of the molecule is CC(=O)c1ccc2[nH]c3ncnc(NCCCNC(=O)OC(C)(C)C)c3c2c1. The molecule has 0 atom stereocenters. The van der Waals surface area contributed by atoms with Crippen molar-refractivity contribution in [3.63, 3.8) is 0 Å². The molecule has 0 saturated heterocycles. The molecule has 3 aromatic rings. The van der Waals surface area contributed by atoms with Crippen LogP contribution in [-0.4, -0.2) is 45.5 Å². The molecule has 0 saturated carbocycles. The molecule has 0 aliphatic carbocycles. The van der Waals surface area contributed by atoms with E-state index in [-0.39, 0.29) is 5.78 Å². The van der Waals surface area contributed by atoms with Crippen LogP contribution in [0.25, 0.3) is 21.9 Å². The van der Waals surface area contributed by atoms with Gasteiger partial charge in [-0.2, -0.15) is 0 Å². The lowest BCUT2D eigenvalue weighted by atomic mass is 10.1. The van der Waals surface area contributed by atoms with Gasteiger partial charge in [-0.15, -0.1) is 0 Å². The van der Waals surface area contributed by atoms with Crippen molar-refractivity contribution >= 4 is 39.6 Å². The summed E-state index contributed by atoms with van der Waals surface area (Å²) in [4.78, 5) is 35.3. The molecule has 148 valence electrons. The number of hydrogen-bond acceptors (Lipinski definition) is 6. The van der Waals surface area contributed by atoms with Crippen LogP contribution in [0.15, 0.2) is 24.5 Å². The van der Waals surface area contributed by atoms with Gasteiger partial charge in [0.05, 0.1) is 5.39 Å². The number of fused-ring (bicyclic) bond motifs is 3. The summed E-state index contributed by atoms with van der Waals surface area (Å²) in [7, 11) is 0. The van der Waals surface area contributed by atoms with E-state index in [4.69, 9.17) is 4.74 Å². The highest BCUT2D eigenvalue weighted by Crippen LogP contribution is 2.29. The van der Waals surface area contributed by atoms with Gasteiger partial charge in [-0.25, -0.2) is 14.8 Å².